The van der Waals surface area contributed by atoms with Crippen LogP contribution in [0.2, 0.25) is 0 Å². The number of rotatable bonds is 6. The molecule has 0 aliphatic carbocycles. The van der Waals surface area contributed by atoms with Gasteiger partial charge in [0.2, 0.25) is 6.04 Å². The van der Waals surface area contributed by atoms with Gasteiger partial charge in [-0.2, -0.15) is 13.2 Å². The number of carbonyl (C=O) groups excluding carboxylic acids is 3. The molecular weight excluding hydrogens is 364 g/mol. The third-order valence-electron chi connectivity index (χ3n) is 2.87. The van der Waals surface area contributed by atoms with Crippen molar-refractivity contribution in [2.45, 2.75) is 26.1 Å². The van der Waals surface area contributed by atoms with Gasteiger partial charge in [0, 0.05) is 0 Å². The molecule has 144 valence electrons. The maximum atomic E-state index is 13.9. The molecule has 0 saturated heterocycles. The van der Waals surface area contributed by atoms with Crippen molar-refractivity contribution in [3.63, 3.8) is 0 Å². The Bertz CT molecular complexity index is 660. The Balaban J connectivity index is 2.95. The van der Waals surface area contributed by atoms with Crippen LogP contribution < -0.4 is 10.6 Å². The summed E-state index contributed by atoms with van der Waals surface area (Å²) in [7, 11) is 0. The standard InChI is InChI=1S/C15H16F4N2O5/c1-3-25-12(22)11(13(23)26-4-2)21-14(24)20-9-7-5-6-8(10(9)16)15(17,18)19/h5-7,11H,3-4H2,1-2H3,(H2,20,21,24). The second-order valence-electron chi connectivity index (χ2n) is 4.70. The number of anilines is 1. The Kier molecular flexibility index (Phi) is 7.35. The summed E-state index contributed by atoms with van der Waals surface area (Å²) in [6.07, 6.45) is -4.96. The van der Waals surface area contributed by atoms with Crippen LogP contribution in [-0.4, -0.2) is 37.2 Å². The van der Waals surface area contributed by atoms with E-state index in [9.17, 15) is 31.9 Å². The van der Waals surface area contributed by atoms with Crippen molar-refractivity contribution in [3.8, 4) is 0 Å². The van der Waals surface area contributed by atoms with Crippen LogP contribution in [0.1, 0.15) is 19.4 Å². The number of alkyl halides is 3. The van der Waals surface area contributed by atoms with Crippen LogP contribution in [0.4, 0.5) is 28.0 Å². The maximum absolute atomic E-state index is 13.9. The molecule has 0 radical (unpaired) electrons. The number of esters is 2. The first-order valence-electron chi connectivity index (χ1n) is 7.38. The van der Waals surface area contributed by atoms with Crippen LogP contribution in [0.15, 0.2) is 18.2 Å². The first-order chi connectivity index (χ1) is 12.1. The van der Waals surface area contributed by atoms with Gasteiger partial charge in [0.15, 0.2) is 5.82 Å². The molecule has 1 rings (SSSR count). The number of carbonyl (C=O) groups is 3. The smallest absolute Gasteiger partial charge is 0.419 e. The number of amides is 2. The van der Waals surface area contributed by atoms with Crippen molar-refractivity contribution < 1.29 is 41.4 Å². The SMILES string of the molecule is CCOC(=O)C(NC(=O)Nc1cccc(C(F)(F)F)c1F)C(=O)OCC. The first-order valence-corrected chi connectivity index (χ1v) is 7.38. The summed E-state index contributed by atoms with van der Waals surface area (Å²) in [4.78, 5) is 35.3. The fourth-order valence-corrected chi connectivity index (χ4v) is 1.80. The van der Waals surface area contributed by atoms with E-state index in [1.807, 2.05) is 5.32 Å². The largest absolute Gasteiger partial charge is 0.464 e. The zero-order chi connectivity index (χ0) is 19.9. The maximum Gasteiger partial charge on any atom is 0.419 e. The topological polar surface area (TPSA) is 93.7 Å². The number of ether oxygens (including phenoxy) is 2. The average molecular weight is 380 g/mol. The van der Waals surface area contributed by atoms with Crippen LogP contribution in [-0.2, 0) is 25.2 Å². The van der Waals surface area contributed by atoms with Crippen molar-refractivity contribution in [2.75, 3.05) is 18.5 Å². The van der Waals surface area contributed by atoms with E-state index in [0.29, 0.717) is 6.07 Å². The van der Waals surface area contributed by atoms with Crippen molar-refractivity contribution in [1.82, 2.24) is 5.32 Å². The molecule has 1 aromatic carbocycles. The second-order valence-corrected chi connectivity index (χ2v) is 4.70. The third kappa shape index (κ3) is 5.60. The molecule has 0 aliphatic heterocycles. The Labute approximate surface area is 145 Å². The van der Waals surface area contributed by atoms with Gasteiger partial charge in [-0.05, 0) is 26.0 Å². The summed E-state index contributed by atoms with van der Waals surface area (Å²) in [6, 6.07) is -0.889. The Morgan fingerprint density at radius 1 is 1.08 bits per heavy atom. The van der Waals surface area contributed by atoms with E-state index in [2.05, 4.69) is 9.47 Å². The number of halogens is 4. The Morgan fingerprint density at radius 2 is 1.62 bits per heavy atom. The first kappa shape index (κ1) is 21.2. The quantitative estimate of drug-likeness (QED) is 0.449. The van der Waals surface area contributed by atoms with Gasteiger partial charge in [-0.25, -0.2) is 18.8 Å². The summed E-state index contributed by atoms with van der Waals surface area (Å²) >= 11 is 0. The van der Waals surface area contributed by atoms with Gasteiger partial charge in [0.25, 0.3) is 0 Å². The number of urea groups is 1. The van der Waals surface area contributed by atoms with Gasteiger partial charge in [-0.15, -0.1) is 0 Å². The van der Waals surface area contributed by atoms with Crippen LogP contribution in [0, 0.1) is 5.82 Å². The predicted octanol–water partition coefficient (Wildman–Crippen LogP) is 2.46. The molecule has 0 aromatic heterocycles. The molecule has 0 aliphatic rings. The lowest BCUT2D eigenvalue weighted by Crippen LogP contribution is -2.49. The zero-order valence-corrected chi connectivity index (χ0v) is 13.8. The van der Waals surface area contributed by atoms with Gasteiger partial charge < -0.3 is 20.1 Å². The molecule has 0 unspecified atom stereocenters. The molecule has 0 bridgehead atoms. The predicted molar refractivity (Wildman–Crippen MR) is 80.6 cm³/mol. The van der Waals surface area contributed by atoms with Crippen LogP contribution in [0.5, 0.6) is 0 Å². The molecule has 11 heteroatoms. The van der Waals surface area contributed by atoms with Crippen LogP contribution >= 0.6 is 0 Å². The van der Waals surface area contributed by atoms with E-state index in [1.54, 1.807) is 5.32 Å². The lowest BCUT2D eigenvalue weighted by atomic mass is 10.2. The van der Waals surface area contributed by atoms with E-state index in [-0.39, 0.29) is 13.2 Å². The molecule has 0 atom stereocenters. The molecule has 0 saturated carbocycles. The Morgan fingerprint density at radius 3 is 2.08 bits per heavy atom. The minimum Gasteiger partial charge on any atom is -0.464 e. The molecule has 0 fully saturated rings. The van der Waals surface area contributed by atoms with Gasteiger partial charge in [-0.3, -0.25) is 0 Å². The lowest BCUT2D eigenvalue weighted by Gasteiger charge is -2.17. The normalized spacial score (nSPS) is 11.0. The molecule has 0 heterocycles. The average Bonchev–Trinajstić information content (AvgIpc) is 2.53. The van der Waals surface area contributed by atoms with Crippen LogP contribution in [0.3, 0.4) is 0 Å². The van der Waals surface area contributed by atoms with Gasteiger partial charge >= 0.3 is 24.1 Å². The summed E-state index contributed by atoms with van der Waals surface area (Å²) in [5, 5.41) is 3.68. The number of hydrogen-bond acceptors (Lipinski definition) is 5. The number of nitrogens with one attached hydrogen (secondary N) is 2. The second kappa shape index (κ2) is 9.02. The highest BCUT2D eigenvalue weighted by molar-refractivity contribution is 6.04. The van der Waals surface area contributed by atoms with E-state index >= 15 is 0 Å². The van der Waals surface area contributed by atoms with E-state index in [0.717, 1.165) is 12.1 Å². The summed E-state index contributed by atoms with van der Waals surface area (Å²) in [5.74, 6) is -3.98. The molecule has 1 aromatic rings. The highest BCUT2D eigenvalue weighted by Gasteiger charge is 2.35. The van der Waals surface area contributed by atoms with Gasteiger partial charge in [0.1, 0.15) is 0 Å². The summed E-state index contributed by atoms with van der Waals surface area (Å²) < 4.78 is 61.1. The molecule has 26 heavy (non-hydrogen) atoms. The van der Waals surface area contributed by atoms with Crippen molar-refractivity contribution in [2.24, 2.45) is 0 Å². The minimum atomic E-state index is -4.96. The molecule has 2 N–H and O–H groups in total. The molecule has 0 spiro atoms. The minimum absolute atomic E-state index is 0.0969. The summed E-state index contributed by atoms with van der Waals surface area (Å²) in [5.41, 5.74) is -2.37. The number of benzene rings is 1. The van der Waals surface area contributed by atoms with Gasteiger partial charge in [0.05, 0.1) is 24.5 Å². The number of hydrogen-bond donors (Lipinski definition) is 2. The monoisotopic (exact) mass is 380 g/mol. The highest BCUT2D eigenvalue weighted by atomic mass is 19.4. The van der Waals surface area contributed by atoms with E-state index in [4.69, 9.17) is 0 Å². The molecule has 2 amide bonds. The molecule has 7 nitrogen and oxygen atoms in total. The molecular formula is C15H16F4N2O5. The fourth-order valence-electron chi connectivity index (χ4n) is 1.80. The van der Waals surface area contributed by atoms with Crippen molar-refractivity contribution >= 4 is 23.7 Å². The fraction of sp³-hybridized carbons (Fsp3) is 0.400. The Hall–Kier alpha value is -2.85. The van der Waals surface area contributed by atoms with E-state index in [1.165, 1.54) is 13.8 Å². The van der Waals surface area contributed by atoms with Crippen LogP contribution in [0.25, 0.3) is 0 Å². The zero-order valence-electron chi connectivity index (χ0n) is 13.8. The lowest BCUT2D eigenvalue weighted by molar-refractivity contribution is -0.157. The van der Waals surface area contributed by atoms with Crippen molar-refractivity contribution in [3.05, 3.63) is 29.6 Å². The van der Waals surface area contributed by atoms with E-state index < -0.39 is 47.3 Å². The van der Waals surface area contributed by atoms with Crippen molar-refractivity contribution in [1.29, 1.82) is 0 Å². The highest BCUT2D eigenvalue weighted by Crippen LogP contribution is 2.33. The van der Waals surface area contributed by atoms with Gasteiger partial charge in [-0.1, -0.05) is 6.07 Å². The summed E-state index contributed by atoms with van der Waals surface area (Å²) in [6.45, 7) is 2.72. The third-order valence-corrected chi connectivity index (χ3v) is 2.87.